The van der Waals surface area contributed by atoms with Gasteiger partial charge in [-0.1, -0.05) is 12.1 Å². The number of piperidine rings is 1. The normalized spacial score (nSPS) is 27.0. The Bertz CT molecular complexity index is 771. The molecule has 0 saturated carbocycles. The largest absolute Gasteiger partial charge is 0.423 e. The third-order valence-electron chi connectivity index (χ3n) is 5.48. The van der Waals surface area contributed by atoms with Gasteiger partial charge in [-0.25, -0.2) is 4.79 Å². The van der Waals surface area contributed by atoms with Crippen LogP contribution in [0.4, 0.5) is 0 Å². The van der Waals surface area contributed by atoms with Crippen LogP contribution in [0.1, 0.15) is 36.8 Å². The van der Waals surface area contributed by atoms with E-state index in [4.69, 9.17) is 4.42 Å². The van der Waals surface area contributed by atoms with Crippen molar-refractivity contribution in [3.8, 4) is 0 Å². The summed E-state index contributed by atoms with van der Waals surface area (Å²) in [4.78, 5) is 14.3. The van der Waals surface area contributed by atoms with E-state index in [9.17, 15) is 4.79 Å². The first-order chi connectivity index (χ1) is 11.1. The molecule has 2 bridgehead atoms. The van der Waals surface area contributed by atoms with Gasteiger partial charge >= 0.3 is 5.63 Å². The average molecular weight is 312 g/mol. The molecule has 23 heavy (non-hydrogen) atoms. The monoisotopic (exact) mass is 312 g/mol. The number of hydrogen-bond acceptors (Lipinski definition) is 4. The van der Waals surface area contributed by atoms with Gasteiger partial charge in [0.05, 0.1) is 0 Å². The van der Waals surface area contributed by atoms with Crippen molar-refractivity contribution in [2.24, 2.45) is 0 Å². The van der Waals surface area contributed by atoms with Crippen molar-refractivity contribution in [3.05, 3.63) is 45.8 Å². The highest BCUT2D eigenvalue weighted by Crippen LogP contribution is 2.30. The Hall–Kier alpha value is -1.65. The number of nitrogens with one attached hydrogen (secondary N) is 1. The minimum absolute atomic E-state index is 0.253. The molecule has 4 heteroatoms. The van der Waals surface area contributed by atoms with Crippen molar-refractivity contribution >= 4 is 11.0 Å². The average Bonchev–Trinajstić information content (AvgIpc) is 2.84. The molecule has 4 rings (SSSR count). The fraction of sp³-hybridized carbons (Fsp3) is 0.526. The highest BCUT2D eigenvalue weighted by molar-refractivity contribution is 5.80. The molecule has 4 nitrogen and oxygen atoms in total. The van der Waals surface area contributed by atoms with Crippen LogP contribution in [0.2, 0.25) is 0 Å². The van der Waals surface area contributed by atoms with Gasteiger partial charge in [0.15, 0.2) is 0 Å². The maximum atomic E-state index is 11.9. The molecule has 2 aromatic rings. The van der Waals surface area contributed by atoms with Crippen LogP contribution in [-0.4, -0.2) is 30.1 Å². The van der Waals surface area contributed by atoms with Crippen molar-refractivity contribution in [3.63, 3.8) is 0 Å². The van der Waals surface area contributed by atoms with Crippen LogP contribution < -0.4 is 10.9 Å². The van der Waals surface area contributed by atoms with Crippen molar-refractivity contribution in [1.29, 1.82) is 0 Å². The molecular weight excluding hydrogens is 288 g/mol. The van der Waals surface area contributed by atoms with Crippen LogP contribution in [0.3, 0.4) is 0 Å². The predicted molar refractivity (Wildman–Crippen MR) is 91.7 cm³/mol. The van der Waals surface area contributed by atoms with Gasteiger partial charge in [-0.05, 0) is 56.8 Å². The van der Waals surface area contributed by atoms with Gasteiger partial charge in [0.2, 0.25) is 0 Å². The molecule has 2 fully saturated rings. The summed E-state index contributed by atoms with van der Waals surface area (Å²) >= 11 is 0. The van der Waals surface area contributed by atoms with E-state index < -0.39 is 0 Å². The number of benzene rings is 1. The van der Waals surface area contributed by atoms with Gasteiger partial charge < -0.3 is 9.73 Å². The van der Waals surface area contributed by atoms with E-state index in [-0.39, 0.29) is 5.63 Å². The number of rotatable bonds is 3. The zero-order chi connectivity index (χ0) is 16.0. The number of aryl methyl sites for hydroxylation is 1. The SMILES string of the molecule is Cc1ccc2c(CN(C)C3CC4CCC(C3)N4)cc(=O)oc2c1. The quantitative estimate of drug-likeness (QED) is 0.885. The van der Waals surface area contributed by atoms with E-state index in [0.717, 1.165) is 23.1 Å². The highest BCUT2D eigenvalue weighted by Gasteiger charge is 2.35. The van der Waals surface area contributed by atoms with Crippen molar-refractivity contribution in [1.82, 2.24) is 10.2 Å². The molecule has 3 heterocycles. The number of nitrogens with zero attached hydrogens (tertiary/aromatic N) is 1. The lowest BCUT2D eigenvalue weighted by Crippen LogP contribution is -2.46. The number of fused-ring (bicyclic) bond motifs is 3. The topological polar surface area (TPSA) is 45.5 Å². The second kappa shape index (κ2) is 5.77. The molecule has 0 radical (unpaired) electrons. The second-order valence-corrected chi connectivity index (χ2v) is 7.27. The van der Waals surface area contributed by atoms with E-state index in [0.29, 0.717) is 23.7 Å². The summed E-state index contributed by atoms with van der Waals surface area (Å²) in [6.07, 6.45) is 5.05. The van der Waals surface area contributed by atoms with E-state index >= 15 is 0 Å². The molecule has 1 aromatic carbocycles. The Kier molecular flexibility index (Phi) is 3.74. The van der Waals surface area contributed by atoms with Crippen LogP contribution in [0, 0.1) is 6.92 Å². The predicted octanol–water partition coefficient (Wildman–Crippen LogP) is 2.82. The third kappa shape index (κ3) is 2.93. The summed E-state index contributed by atoms with van der Waals surface area (Å²) in [5.41, 5.74) is 2.63. The Morgan fingerprint density at radius 1 is 1.22 bits per heavy atom. The molecule has 0 aliphatic carbocycles. The summed E-state index contributed by atoms with van der Waals surface area (Å²) in [5.74, 6) is 0. The first-order valence-corrected chi connectivity index (χ1v) is 8.58. The van der Waals surface area contributed by atoms with Gasteiger partial charge in [0.25, 0.3) is 0 Å². The van der Waals surface area contributed by atoms with E-state index in [1.54, 1.807) is 6.07 Å². The second-order valence-electron chi connectivity index (χ2n) is 7.27. The first-order valence-electron chi connectivity index (χ1n) is 8.58. The summed E-state index contributed by atoms with van der Waals surface area (Å²) in [6, 6.07) is 9.72. The molecule has 1 aromatic heterocycles. The fourth-order valence-electron chi connectivity index (χ4n) is 4.25. The van der Waals surface area contributed by atoms with Gasteiger partial charge in [-0.15, -0.1) is 0 Å². The Balaban J connectivity index is 1.60. The standard InChI is InChI=1S/C19H24N2O2/c1-12-3-6-17-13(8-19(22)23-18(17)7-12)11-21(2)16-9-14-4-5-15(10-16)20-14/h3,6-8,14-16,20H,4-5,9-11H2,1-2H3. The lowest BCUT2D eigenvalue weighted by molar-refractivity contribution is 0.166. The molecule has 122 valence electrons. The Morgan fingerprint density at radius 3 is 2.70 bits per heavy atom. The lowest BCUT2D eigenvalue weighted by atomic mass is 9.98. The van der Waals surface area contributed by atoms with E-state index in [2.05, 4.69) is 29.4 Å². The molecule has 2 unspecified atom stereocenters. The molecule has 2 saturated heterocycles. The summed E-state index contributed by atoms with van der Waals surface area (Å²) in [7, 11) is 2.18. The van der Waals surface area contributed by atoms with Crippen LogP contribution in [0.15, 0.2) is 33.5 Å². The zero-order valence-corrected chi connectivity index (χ0v) is 13.8. The third-order valence-corrected chi connectivity index (χ3v) is 5.48. The molecule has 2 atom stereocenters. The van der Waals surface area contributed by atoms with Gasteiger partial charge in [-0.3, -0.25) is 4.90 Å². The Labute approximate surface area is 136 Å². The molecule has 2 aliphatic heterocycles. The zero-order valence-electron chi connectivity index (χ0n) is 13.8. The highest BCUT2D eigenvalue weighted by atomic mass is 16.4. The van der Waals surface area contributed by atoms with Crippen LogP contribution in [-0.2, 0) is 6.54 Å². The van der Waals surface area contributed by atoms with Gasteiger partial charge in [0.1, 0.15) is 5.58 Å². The van der Waals surface area contributed by atoms with E-state index in [1.165, 1.54) is 25.7 Å². The van der Waals surface area contributed by atoms with E-state index in [1.807, 2.05) is 13.0 Å². The van der Waals surface area contributed by atoms with Crippen molar-refractivity contribution in [2.75, 3.05) is 7.05 Å². The van der Waals surface area contributed by atoms with Crippen molar-refractivity contribution in [2.45, 2.75) is 57.3 Å². The molecular formula is C19H24N2O2. The summed E-state index contributed by atoms with van der Waals surface area (Å²) < 4.78 is 5.37. The maximum absolute atomic E-state index is 11.9. The molecule has 2 aliphatic rings. The van der Waals surface area contributed by atoms with Gasteiger partial charge in [-0.2, -0.15) is 0 Å². The summed E-state index contributed by atoms with van der Waals surface area (Å²) in [5, 5.41) is 4.75. The molecule has 0 spiro atoms. The van der Waals surface area contributed by atoms with Crippen LogP contribution in [0.5, 0.6) is 0 Å². The van der Waals surface area contributed by atoms with Gasteiger partial charge in [0, 0.05) is 36.1 Å². The van der Waals surface area contributed by atoms with Crippen LogP contribution >= 0.6 is 0 Å². The fourth-order valence-corrected chi connectivity index (χ4v) is 4.25. The summed E-state index contributed by atoms with van der Waals surface area (Å²) in [6.45, 7) is 2.82. The van der Waals surface area contributed by atoms with Crippen molar-refractivity contribution < 1.29 is 4.42 Å². The maximum Gasteiger partial charge on any atom is 0.336 e. The molecule has 1 N–H and O–H groups in total. The Morgan fingerprint density at radius 2 is 1.96 bits per heavy atom. The lowest BCUT2D eigenvalue weighted by Gasteiger charge is -2.35. The molecule has 0 amide bonds. The minimum Gasteiger partial charge on any atom is -0.423 e. The smallest absolute Gasteiger partial charge is 0.336 e. The first kappa shape index (κ1) is 14.9. The minimum atomic E-state index is -0.253. The van der Waals surface area contributed by atoms with Crippen LogP contribution in [0.25, 0.3) is 11.0 Å². The number of hydrogen-bond donors (Lipinski definition) is 1.